The van der Waals surface area contributed by atoms with Crippen LogP contribution in [0.25, 0.3) is 21.9 Å². The van der Waals surface area contributed by atoms with Gasteiger partial charge in [0.15, 0.2) is 35.2 Å². The van der Waals surface area contributed by atoms with Gasteiger partial charge >= 0.3 is 23.9 Å². The topological polar surface area (TPSA) is 161 Å². The van der Waals surface area contributed by atoms with E-state index in [1.54, 1.807) is 37.3 Å². The Hall–Kier alpha value is -5.24. The predicted molar refractivity (Wildman–Crippen MR) is 159 cm³/mol. The van der Waals surface area contributed by atoms with Gasteiger partial charge in [0.05, 0.1) is 25.9 Å². The van der Waals surface area contributed by atoms with Crippen molar-refractivity contribution in [2.75, 3.05) is 21.0 Å². The lowest BCUT2D eigenvalue weighted by Gasteiger charge is -2.43. The molecule has 0 aliphatic carbocycles. The molecule has 6 rings (SSSR count). The van der Waals surface area contributed by atoms with Crippen LogP contribution in [-0.2, 0) is 44.7 Å². The van der Waals surface area contributed by atoms with Crippen LogP contribution in [0.4, 0.5) is 0 Å². The minimum absolute atomic E-state index is 0.0629. The summed E-state index contributed by atoms with van der Waals surface area (Å²) in [5.74, 6) is -0.762. The molecule has 0 saturated carbocycles. The number of carbonyl (C=O) groups excluding carboxylic acids is 4. The molecule has 3 aromatic carbocycles. The molecule has 0 bridgehead atoms. The van der Waals surface area contributed by atoms with Crippen LogP contribution < -0.4 is 23.7 Å². The third kappa shape index (κ3) is 5.80. The van der Waals surface area contributed by atoms with Gasteiger partial charge in [0.1, 0.15) is 12.4 Å². The summed E-state index contributed by atoms with van der Waals surface area (Å²) in [5, 5.41) is 0.993. The largest absolute Gasteiger partial charge is 0.493 e. The van der Waals surface area contributed by atoms with Crippen LogP contribution in [0.3, 0.4) is 0 Å². The van der Waals surface area contributed by atoms with E-state index in [2.05, 4.69) is 0 Å². The first-order valence-corrected chi connectivity index (χ1v) is 14.7. The number of cyclic esters (lactones) is 1. The van der Waals surface area contributed by atoms with Gasteiger partial charge in [0.25, 0.3) is 0 Å². The maximum atomic E-state index is 13.4. The Morgan fingerprint density at radius 2 is 1.36 bits per heavy atom. The zero-order chi connectivity index (χ0) is 33.6. The van der Waals surface area contributed by atoms with Gasteiger partial charge in [-0.15, -0.1) is 0 Å². The number of hydrogen-bond donors (Lipinski definition) is 0. The number of methoxy groups -OCH3 is 2. The van der Waals surface area contributed by atoms with Crippen LogP contribution in [0.2, 0.25) is 0 Å². The second-order valence-electron chi connectivity index (χ2n) is 11.0. The van der Waals surface area contributed by atoms with Crippen molar-refractivity contribution in [1.82, 2.24) is 0 Å². The number of esters is 4. The van der Waals surface area contributed by atoms with Crippen molar-refractivity contribution in [2.24, 2.45) is 0 Å². The van der Waals surface area contributed by atoms with Crippen LogP contribution in [0.5, 0.6) is 28.7 Å². The zero-order valence-electron chi connectivity index (χ0n) is 26.4. The van der Waals surface area contributed by atoms with E-state index in [0.717, 1.165) is 6.92 Å². The lowest BCUT2D eigenvalue weighted by Crippen LogP contribution is -2.62. The number of rotatable bonds is 8. The first-order valence-electron chi connectivity index (χ1n) is 14.7. The lowest BCUT2D eigenvalue weighted by atomic mass is 9.89. The third-order valence-corrected chi connectivity index (χ3v) is 7.94. The molecule has 0 amide bonds. The second kappa shape index (κ2) is 12.5. The van der Waals surface area contributed by atoms with Gasteiger partial charge in [-0.3, -0.25) is 14.4 Å². The highest BCUT2D eigenvalue weighted by Crippen LogP contribution is 2.50. The van der Waals surface area contributed by atoms with Crippen molar-refractivity contribution >= 4 is 34.6 Å². The van der Waals surface area contributed by atoms with Gasteiger partial charge in [-0.05, 0) is 42.1 Å². The predicted octanol–water partition coefficient (Wildman–Crippen LogP) is 3.84. The summed E-state index contributed by atoms with van der Waals surface area (Å²) in [4.78, 5) is 50.0. The second-order valence-corrected chi connectivity index (χ2v) is 11.0. The van der Waals surface area contributed by atoms with E-state index < -0.39 is 54.6 Å². The Bertz CT molecular complexity index is 1780. The van der Waals surface area contributed by atoms with E-state index in [-0.39, 0.29) is 24.7 Å². The molecule has 0 radical (unpaired) electrons. The molecule has 3 aromatic rings. The standard InChI is InChI=1S/C33H32O14/c1-14-28(44-15(2)34)30(45-16(3)35)31(46-17(4)36)33(43-14)47-29-20-11-24(39-6)23(38-5)10-19(20)26(27-21(29)12-40-32(27)37)18-7-8-22-25(9-18)42-13-41-22/h7-11,14,28,30-31,33H,12-13H2,1-6H3/t14-,28-,30+,31-,33?/m1/s1. The van der Waals surface area contributed by atoms with E-state index in [4.69, 9.17) is 47.4 Å². The Kier molecular flexibility index (Phi) is 8.45. The smallest absolute Gasteiger partial charge is 0.339 e. The first-order chi connectivity index (χ1) is 22.5. The van der Waals surface area contributed by atoms with Gasteiger partial charge in [0.2, 0.25) is 19.2 Å². The molecule has 1 unspecified atom stereocenters. The van der Waals surface area contributed by atoms with Crippen LogP contribution in [-0.4, -0.2) is 75.6 Å². The van der Waals surface area contributed by atoms with Crippen molar-refractivity contribution in [3.05, 3.63) is 41.5 Å². The molecule has 3 heterocycles. The number of ether oxygens (including phenoxy) is 10. The highest BCUT2D eigenvalue weighted by Gasteiger charge is 2.52. The quantitative estimate of drug-likeness (QED) is 0.255. The van der Waals surface area contributed by atoms with Gasteiger partial charge < -0.3 is 47.4 Å². The minimum atomic E-state index is -1.41. The molecule has 248 valence electrons. The van der Waals surface area contributed by atoms with E-state index >= 15 is 0 Å². The molecule has 3 aliphatic heterocycles. The summed E-state index contributed by atoms with van der Waals surface area (Å²) in [6, 6.07) is 8.70. The Morgan fingerprint density at radius 3 is 2.02 bits per heavy atom. The monoisotopic (exact) mass is 652 g/mol. The molecule has 3 aliphatic rings. The van der Waals surface area contributed by atoms with Gasteiger partial charge in [0, 0.05) is 37.3 Å². The minimum Gasteiger partial charge on any atom is -0.493 e. The van der Waals surface area contributed by atoms with Crippen LogP contribution in [0.1, 0.15) is 43.6 Å². The number of benzene rings is 3. The SMILES string of the molecule is COc1cc2c(OC3O[C@H](C)[C@@H](OC(C)=O)[C@H](OC(C)=O)[C@H]3OC(C)=O)c3c(c(-c4ccc5c(c4)OCO5)c2cc1OC)C(=O)OC3. The Morgan fingerprint density at radius 1 is 0.745 bits per heavy atom. The van der Waals surface area contributed by atoms with Gasteiger partial charge in [-0.1, -0.05) is 6.07 Å². The molecule has 14 heteroatoms. The molecule has 47 heavy (non-hydrogen) atoms. The molecule has 14 nitrogen and oxygen atoms in total. The zero-order valence-corrected chi connectivity index (χ0v) is 26.4. The number of carbonyl (C=O) groups is 4. The average Bonchev–Trinajstić information content (AvgIpc) is 3.65. The fourth-order valence-electron chi connectivity index (χ4n) is 6.08. The maximum absolute atomic E-state index is 13.4. The normalized spacial score (nSPS) is 22.6. The average molecular weight is 653 g/mol. The summed E-state index contributed by atoms with van der Waals surface area (Å²) in [6.45, 7) is 5.02. The summed E-state index contributed by atoms with van der Waals surface area (Å²) in [7, 11) is 2.96. The fraction of sp³-hybridized carbons (Fsp3) is 0.394. The van der Waals surface area contributed by atoms with E-state index in [1.807, 2.05) is 0 Å². The summed E-state index contributed by atoms with van der Waals surface area (Å²) in [6.07, 6.45) is -6.12. The first kappa shape index (κ1) is 31.7. The van der Waals surface area contributed by atoms with Crippen molar-refractivity contribution in [1.29, 1.82) is 0 Å². The maximum Gasteiger partial charge on any atom is 0.339 e. The number of hydrogen-bond acceptors (Lipinski definition) is 14. The van der Waals surface area contributed by atoms with Crippen molar-refractivity contribution in [2.45, 2.75) is 65.0 Å². The van der Waals surface area contributed by atoms with Crippen molar-refractivity contribution < 1.29 is 66.5 Å². The Labute approximate surface area is 268 Å². The molecule has 1 fully saturated rings. The molecular weight excluding hydrogens is 620 g/mol. The van der Waals surface area contributed by atoms with Crippen molar-refractivity contribution in [3.8, 4) is 39.9 Å². The van der Waals surface area contributed by atoms with Crippen molar-refractivity contribution in [3.63, 3.8) is 0 Å². The number of fused-ring (bicyclic) bond motifs is 3. The highest BCUT2D eigenvalue weighted by atomic mass is 16.7. The summed E-state index contributed by atoms with van der Waals surface area (Å²) < 4.78 is 57.2. The molecule has 1 saturated heterocycles. The fourth-order valence-corrected chi connectivity index (χ4v) is 6.08. The van der Waals surface area contributed by atoms with E-state index in [1.165, 1.54) is 28.1 Å². The molecule has 0 spiro atoms. The Balaban J connectivity index is 1.56. The third-order valence-electron chi connectivity index (χ3n) is 7.94. The van der Waals surface area contributed by atoms with Crippen LogP contribution in [0.15, 0.2) is 30.3 Å². The molecule has 0 N–H and O–H groups in total. The lowest BCUT2D eigenvalue weighted by molar-refractivity contribution is -0.280. The van der Waals surface area contributed by atoms with Gasteiger partial charge in [-0.25, -0.2) is 4.79 Å². The summed E-state index contributed by atoms with van der Waals surface area (Å²) in [5.41, 5.74) is 1.76. The van der Waals surface area contributed by atoms with Crippen LogP contribution in [0, 0.1) is 0 Å². The molecule has 0 aromatic heterocycles. The van der Waals surface area contributed by atoms with E-state index in [9.17, 15) is 19.2 Å². The van der Waals surface area contributed by atoms with Crippen LogP contribution >= 0.6 is 0 Å². The summed E-state index contributed by atoms with van der Waals surface area (Å²) >= 11 is 0. The van der Waals surface area contributed by atoms with E-state index in [0.29, 0.717) is 50.5 Å². The molecule has 5 atom stereocenters. The molecular formula is C33H32O14. The van der Waals surface area contributed by atoms with Gasteiger partial charge in [-0.2, -0.15) is 0 Å². The highest BCUT2D eigenvalue weighted by molar-refractivity contribution is 6.14.